The van der Waals surface area contributed by atoms with Crippen molar-refractivity contribution in [2.75, 3.05) is 23.8 Å². The number of benzene rings is 2. The van der Waals surface area contributed by atoms with Crippen molar-refractivity contribution < 1.29 is 28.7 Å². The molecule has 0 aliphatic carbocycles. The second-order valence-corrected chi connectivity index (χ2v) is 7.83. The third-order valence-corrected chi connectivity index (χ3v) is 5.59. The van der Waals surface area contributed by atoms with Crippen LogP contribution in [-0.4, -0.2) is 42.2 Å². The average Bonchev–Trinajstić information content (AvgIpc) is 2.74. The van der Waals surface area contributed by atoms with Gasteiger partial charge in [0.05, 0.1) is 35.3 Å². The molecule has 2 amide bonds. The van der Waals surface area contributed by atoms with Crippen LogP contribution >= 0.6 is 11.8 Å². The Morgan fingerprint density at radius 3 is 2.23 bits per heavy atom. The van der Waals surface area contributed by atoms with Crippen LogP contribution in [0.2, 0.25) is 0 Å². The molecule has 1 aliphatic rings. The van der Waals surface area contributed by atoms with Gasteiger partial charge in [-0.3, -0.25) is 9.59 Å². The molecule has 8 nitrogen and oxygen atoms in total. The summed E-state index contributed by atoms with van der Waals surface area (Å²) in [7, 11) is 0. The van der Waals surface area contributed by atoms with E-state index in [4.69, 9.17) is 9.47 Å². The van der Waals surface area contributed by atoms with Crippen LogP contribution in [0.5, 0.6) is 0 Å². The SMILES string of the molecule is CCOC(=O)c1cc(NC(=O)C[C@H]2Sc3ccccc3NC2=O)cc(C(=O)OCC)c1. The van der Waals surface area contributed by atoms with Crippen molar-refractivity contribution in [3.05, 3.63) is 53.6 Å². The summed E-state index contributed by atoms with van der Waals surface area (Å²) in [6.07, 6.45) is -0.0802. The number of carbonyl (C=O) groups excluding carboxylic acids is 4. The molecule has 0 bridgehead atoms. The van der Waals surface area contributed by atoms with Crippen LogP contribution in [0, 0.1) is 0 Å². The summed E-state index contributed by atoms with van der Waals surface area (Å²) >= 11 is 1.31. The Bertz CT molecular complexity index is 987. The third kappa shape index (κ3) is 5.64. The van der Waals surface area contributed by atoms with Crippen molar-refractivity contribution in [1.29, 1.82) is 0 Å². The van der Waals surface area contributed by atoms with Gasteiger partial charge in [-0.25, -0.2) is 9.59 Å². The highest BCUT2D eigenvalue weighted by atomic mass is 32.2. The minimum atomic E-state index is -0.622. The van der Waals surface area contributed by atoms with E-state index in [1.165, 1.54) is 30.0 Å². The number of para-hydroxylation sites is 1. The lowest BCUT2D eigenvalue weighted by molar-refractivity contribution is -0.120. The second kappa shape index (κ2) is 10.1. The monoisotopic (exact) mass is 442 g/mol. The Kier molecular flexibility index (Phi) is 7.30. The van der Waals surface area contributed by atoms with Gasteiger partial charge >= 0.3 is 11.9 Å². The van der Waals surface area contributed by atoms with Crippen molar-refractivity contribution in [2.24, 2.45) is 0 Å². The Hall–Kier alpha value is -3.33. The van der Waals surface area contributed by atoms with E-state index in [0.29, 0.717) is 0 Å². The maximum absolute atomic E-state index is 12.6. The normalized spacial score (nSPS) is 14.8. The van der Waals surface area contributed by atoms with Gasteiger partial charge in [-0.1, -0.05) is 12.1 Å². The van der Waals surface area contributed by atoms with Gasteiger partial charge in [0.2, 0.25) is 11.8 Å². The molecule has 1 atom stereocenters. The highest BCUT2D eigenvalue weighted by Crippen LogP contribution is 2.36. The summed E-state index contributed by atoms with van der Waals surface area (Å²) in [4.78, 5) is 50.1. The molecule has 0 saturated carbocycles. The topological polar surface area (TPSA) is 111 Å². The molecule has 0 aromatic heterocycles. The molecule has 1 heterocycles. The standard InChI is InChI=1S/C22H22N2O6S/c1-3-29-21(27)13-9-14(22(28)30-4-2)11-15(10-13)23-19(25)12-18-20(26)24-16-7-5-6-8-17(16)31-18/h5-11,18H,3-4,12H2,1-2H3,(H,23,25)(H,24,26)/t18-/m1/s1. The van der Waals surface area contributed by atoms with Gasteiger partial charge in [0.25, 0.3) is 0 Å². The van der Waals surface area contributed by atoms with Crippen molar-refractivity contribution in [2.45, 2.75) is 30.4 Å². The smallest absolute Gasteiger partial charge is 0.338 e. The highest BCUT2D eigenvalue weighted by molar-refractivity contribution is 8.01. The number of esters is 2. The summed E-state index contributed by atoms with van der Waals surface area (Å²) in [6, 6.07) is 11.5. The number of hydrogen-bond acceptors (Lipinski definition) is 7. The minimum absolute atomic E-state index is 0.0802. The first-order valence-corrected chi connectivity index (χ1v) is 10.6. The maximum atomic E-state index is 12.6. The summed E-state index contributed by atoms with van der Waals surface area (Å²) < 4.78 is 9.98. The first-order chi connectivity index (χ1) is 14.9. The summed E-state index contributed by atoms with van der Waals surface area (Å²) in [5.41, 5.74) is 1.18. The molecule has 2 aromatic rings. The van der Waals surface area contributed by atoms with Crippen LogP contribution in [0.4, 0.5) is 11.4 Å². The van der Waals surface area contributed by atoms with Gasteiger partial charge in [-0.05, 0) is 44.2 Å². The van der Waals surface area contributed by atoms with Crippen LogP contribution in [0.15, 0.2) is 47.4 Å². The number of amides is 2. The number of hydrogen-bond donors (Lipinski definition) is 2. The molecule has 0 unspecified atom stereocenters. The molecule has 0 spiro atoms. The second-order valence-electron chi connectivity index (χ2n) is 6.58. The first kappa shape index (κ1) is 22.4. The predicted octanol–water partition coefficient (Wildman–Crippen LogP) is 3.48. The van der Waals surface area contributed by atoms with E-state index < -0.39 is 23.1 Å². The van der Waals surface area contributed by atoms with Crippen LogP contribution in [0.1, 0.15) is 41.0 Å². The lowest BCUT2D eigenvalue weighted by Crippen LogP contribution is -2.32. The lowest BCUT2D eigenvalue weighted by Gasteiger charge is -2.23. The summed E-state index contributed by atoms with van der Waals surface area (Å²) in [5.74, 6) is -1.93. The number of thioether (sulfide) groups is 1. The lowest BCUT2D eigenvalue weighted by atomic mass is 10.1. The average molecular weight is 442 g/mol. The van der Waals surface area contributed by atoms with Gasteiger partial charge < -0.3 is 20.1 Å². The number of ether oxygens (including phenoxy) is 2. The first-order valence-electron chi connectivity index (χ1n) is 9.77. The fourth-order valence-electron chi connectivity index (χ4n) is 2.97. The molecule has 0 fully saturated rings. The summed E-state index contributed by atoms with van der Waals surface area (Å²) in [5, 5.41) is 4.85. The largest absolute Gasteiger partial charge is 0.462 e. The molecular weight excluding hydrogens is 420 g/mol. The maximum Gasteiger partial charge on any atom is 0.338 e. The predicted molar refractivity (Wildman–Crippen MR) is 116 cm³/mol. The zero-order valence-corrected chi connectivity index (χ0v) is 17.9. The van der Waals surface area contributed by atoms with Crippen LogP contribution in [0.25, 0.3) is 0 Å². The van der Waals surface area contributed by atoms with E-state index in [2.05, 4.69) is 10.6 Å². The van der Waals surface area contributed by atoms with E-state index in [9.17, 15) is 19.2 Å². The van der Waals surface area contributed by atoms with Gasteiger partial charge in [0.15, 0.2) is 0 Å². The van der Waals surface area contributed by atoms with E-state index in [1.807, 2.05) is 18.2 Å². The Balaban J connectivity index is 1.76. The Labute approximate surface area is 183 Å². The van der Waals surface area contributed by atoms with Crippen molar-refractivity contribution in [3.8, 4) is 0 Å². The molecule has 31 heavy (non-hydrogen) atoms. The molecule has 1 aliphatic heterocycles. The third-order valence-electron chi connectivity index (χ3n) is 4.32. The van der Waals surface area contributed by atoms with Gasteiger partial charge in [-0.2, -0.15) is 0 Å². The van der Waals surface area contributed by atoms with Crippen molar-refractivity contribution >= 4 is 46.9 Å². The molecular formula is C22H22N2O6S. The van der Waals surface area contributed by atoms with E-state index >= 15 is 0 Å². The van der Waals surface area contributed by atoms with E-state index in [0.717, 1.165) is 10.6 Å². The number of rotatable bonds is 7. The van der Waals surface area contributed by atoms with Crippen molar-refractivity contribution in [3.63, 3.8) is 0 Å². The van der Waals surface area contributed by atoms with Gasteiger partial charge in [-0.15, -0.1) is 11.8 Å². The molecule has 2 aromatic carbocycles. The number of fused-ring (bicyclic) bond motifs is 1. The number of carbonyl (C=O) groups is 4. The fraction of sp³-hybridized carbons (Fsp3) is 0.273. The number of anilines is 2. The zero-order chi connectivity index (χ0) is 22.4. The molecule has 2 N–H and O–H groups in total. The summed E-state index contributed by atoms with van der Waals surface area (Å²) in [6.45, 7) is 3.67. The number of nitrogens with one attached hydrogen (secondary N) is 2. The van der Waals surface area contributed by atoms with Crippen LogP contribution < -0.4 is 10.6 Å². The molecule has 0 radical (unpaired) electrons. The minimum Gasteiger partial charge on any atom is -0.462 e. The van der Waals surface area contributed by atoms with Crippen molar-refractivity contribution in [1.82, 2.24) is 0 Å². The molecule has 3 rings (SSSR count). The van der Waals surface area contributed by atoms with Crippen LogP contribution in [0.3, 0.4) is 0 Å². The molecule has 0 saturated heterocycles. The van der Waals surface area contributed by atoms with E-state index in [1.54, 1.807) is 19.9 Å². The van der Waals surface area contributed by atoms with Gasteiger partial charge in [0, 0.05) is 17.0 Å². The van der Waals surface area contributed by atoms with E-state index in [-0.39, 0.29) is 42.4 Å². The molecule has 9 heteroatoms. The zero-order valence-electron chi connectivity index (χ0n) is 17.1. The fourth-order valence-corrected chi connectivity index (χ4v) is 4.08. The van der Waals surface area contributed by atoms with Gasteiger partial charge in [0.1, 0.15) is 0 Å². The van der Waals surface area contributed by atoms with Crippen LogP contribution in [-0.2, 0) is 19.1 Å². The quantitative estimate of drug-likeness (QED) is 0.632. The molecule has 162 valence electrons. The highest BCUT2D eigenvalue weighted by Gasteiger charge is 2.29. The Morgan fingerprint density at radius 1 is 1.00 bits per heavy atom. The Morgan fingerprint density at radius 2 is 1.61 bits per heavy atom.